The van der Waals surface area contributed by atoms with Gasteiger partial charge in [0.25, 0.3) is 0 Å². The first-order valence-corrected chi connectivity index (χ1v) is 9.09. The number of carbonyl (C=O) groups excluding carboxylic acids is 1. The SMILES string of the molecule is CC1(C)[C@H](C(=O)OCc2ccc(F)c(-c3ccccc3)c2)[C@@H]1C=C(Cl)Cl. The van der Waals surface area contributed by atoms with Gasteiger partial charge in [-0.25, -0.2) is 4.39 Å². The van der Waals surface area contributed by atoms with E-state index in [1.165, 1.54) is 6.07 Å². The molecule has 3 rings (SSSR count). The van der Waals surface area contributed by atoms with Crippen molar-refractivity contribution in [2.45, 2.75) is 20.5 Å². The Balaban J connectivity index is 1.69. The minimum Gasteiger partial charge on any atom is -0.461 e. The molecule has 0 aliphatic heterocycles. The van der Waals surface area contributed by atoms with Gasteiger partial charge in [0.1, 0.15) is 16.9 Å². The van der Waals surface area contributed by atoms with Crippen LogP contribution in [0.1, 0.15) is 19.4 Å². The number of benzene rings is 2. The van der Waals surface area contributed by atoms with Crippen molar-refractivity contribution in [3.63, 3.8) is 0 Å². The molecule has 0 spiro atoms. The minimum absolute atomic E-state index is 0.0342. The van der Waals surface area contributed by atoms with Crippen LogP contribution in [-0.4, -0.2) is 5.97 Å². The second kappa shape index (κ2) is 7.42. The zero-order valence-electron chi connectivity index (χ0n) is 14.5. The molecular weight excluding hydrogens is 374 g/mol. The monoisotopic (exact) mass is 392 g/mol. The first-order chi connectivity index (χ1) is 12.3. The van der Waals surface area contributed by atoms with Gasteiger partial charge in [-0.1, -0.05) is 73.4 Å². The third kappa shape index (κ3) is 3.94. The van der Waals surface area contributed by atoms with E-state index in [4.69, 9.17) is 27.9 Å². The van der Waals surface area contributed by atoms with Crippen LogP contribution in [0.15, 0.2) is 59.1 Å². The number of allylic oxidation sites excluding steroid dienone is 1. The Morgan fingerprint density at radius 2 is 1.88 bits per heavy atom. The zero-order valence-corrected chi connectivity index (χ0v) is 16.0. The number of hydrogen-bond donors (Lipinski definition) is 0. The van der Waals surface area contributed by atoms with E-state index in [0.717, 1.165) is 11.1 Å². The number of rotatable bonds is 5. The van der Waals surface area contributed by atoms with E-state index < -0.39 is 0 Å². The molecule has 1 aliphatic carbocycles. The normalized spacial score (nSPS) is 20.3. The fourth-order valence-electron chi connectivity index (χ4n) is 3.32. The predicted molar refractivity (Wildman–Crippen MR) is 102 cm³/mol. The molecule has 0 bridgehead atoms. The molecule has 1 aliphatic rings. The molecule has 1 fully saturated rings. The van der Waals surface area contributed by atoms with E-state index in [-0.39, 0.29) is 40.1 Å². The van der Waals surface area contributed by atoms with E-state index in [0.29, 0.717) is 5.56 Å². The summed E-state index contributed by atoms with van der Waals surface area (Å²) >= 11 is 11.4. The summed E-state index contributed by atoms with van der Waals surface area (Å²) in [7, 11) is 0. The number of esters is 1. The second-order valence-corrected chi connectivity index (χ2v) is 8.08. The Morgan fingerprint density at radius 3 is 2.54 bits per heavy atom. The lowest BCUT2D eigenvalue weighted by Crippen LogP contribution is -2.10. The number of halogens is 3. The van der Waals surface area contributed by atoms with Crippen LogP contribution >= 0.6 is 23.2 Å². The van der Waals surface area contributed by atoms with Gasteiger partial charge in [0.2, 0.25) is 0 Å². The summed E-state index contributed by atoms with van der Waals surface area (Å²) in [5.41, 5.74) is 1.77. The zero-order chi connectivity index (χ0) is 18.9. The Bertz CT molecular complexity index is 842. The maximum absolute atomic E-state index is 14.1. The van der Waals surface area contributed by atoms with E-state index in [2.05, 4.69) is 0 Å². The van der Waals surface area contributed by atoms with Crippen molar-refractivity contribution < 1.29 is 13.9 Å². The van der Waals surface area contributed by atoms with Gasteiger partial charge in [0.15, 0.2) is 0 Å². The Morgan fingerprint density at radius 1 is 1.19 bits per heavy atom. The smallest absolute Gasteiger partial charge is 0.310 e. The molecule has 2 nitrogen and oxygen atoms in total. The van der Waals surface area contributed by atoms with E-state index in [1.807, 2.05) is 44.2 Å². The van der Waals surface area contributed by atoms with E-state index in [1.54, 1.807) is 18.2 Å². The van der Waals surface area contributed by atoms with Crippen molar-refractivity contribution in [1.29, 1.82) is 0 Å². The summed E-state index contributed by atoms with van der Waals surface area (Å²) in [4.78, 5) is 12.4. The fourth-order valence-corrected chi connectivity index (χ4v) is 3.59. The Labute approximate surface area is 162 Å². The lowest BCUT2D eigenvalue weighted by atomic mass is 10.0. The highest BCUT2D eigenvalue weighted by molar-refractivity contribution is 6.55. The Kier molecular flexibility index (Phi) is 5.40. The fraction of sp³-hybridized carbons (Fsp3) is 0.286. The van der Waals surface area contributed by atoms with Gasteiger partial charge in [0, 0.05) is 5.56 Å². The molecular formula is C21H19Cl2FO2. The second-order valence-electron chi connectivity index (χ2n) is 7.07. The number of hydrogen-bond acceptors (Lipinski definition) is 2. The third-order valence-corrected chi connectivity index (χ3v) is 5.22. The summed E-state index contributed by atoms with van der Waals surface area (Å²) in [6, 6.07) is 14.0. The van der Waals surface area contributed by atoms with Gasteiger partial charge in [-0.2, -0.15) is 0 Å². The van der Waals surface area contributed by atoms with E-state index in [9.17, 15) is 9.18 Å². The largest absolute Gasteiger partial charge is 0.461 e. The molecule has 2 aromatic carbocycles. The van der Waals surface area contributed by atoms with Crippen LogP contribution in [0.5, 0.6) is 0 Å². The molecule has 0 heterocycles. The summed E-state index contributed by atoms with van der Waals surface area (Å²) in [5.74, 6) is -0.912. The lowest BCUT2D eigenvalue weighted by molar-refractivity contribution is -0.147. The maximum Gasteiger partial charge on any atom is 0.310 e. The quantitative estimate of drug-likeness (QED) is 0.572. The molecule has 2 aromatic rings. The van der Waals surface area contributed by atoms with E-state index >= 15 is 0 Å². The van der Waals surface area contributed by atoms with Gasteiger partial charge in [-0.15, -0.1) is 0 Å². The molecule has 1 saturated carbocycles. The minimum atomic E-state index is -0.309. The van der Waals surface area contributed by atoms with Crippen LogP contribution in [-0.2, 0) is 16.1 Å². The van der Waals surface area contributed by atoms with Crippen LogP contribution in [0, 0.1) is 23.1 Å². The van der Waals surface area contributed by atoms with Crippen molar-refractivity contribution in [2.75, 3.05) is 0 Å². The summed E-state index contributed by atoms with van der Waals surface area (Å²) in [6.45, 7) is 4.04. The van der Waals surface area contributed by atoms with Crippen LogP contribution in [0.25, 0.3) is 11.1 Å². The first-order valence-electron chi connectivity index (χ1n) is 8.34. The van der Waals surface area contributed by atoms with Crippen molar-refractivity contribution in [3.05, 3.63) is 70.5 Å². The van der Waals surface area contributed by atoms with Crippen molar-refractivity contribution in [2.24, 2.45) is 17.3 Å². The highest BCUT2D eigenvalue weighted by Crippen LogP contribution is 2.60. The lowest BCUT2D eigenvalue weighted by Gasteiger charge is -2.09. The summed E-state index contributed by atoms with van der Waals surface area (Å²) < 4.78 is 19.7. The molecule has 0 saturated heterocycles. The Hall–Kier alpha value is -1.84. The van der Waals surface area contributed by atoms with Gasteiger partial charge >= 0.3 is 5.97 Å². The topological polar surface area (TPSA) is 26.3 Å². The van der Waals surface area contributed by atoms with Crippen LogP contribution < -0.4 is 0 Å². The average molecular weight is 393 g/mol. The standard InChI is InChI=1S/C21H19Cl2FO2/c1-21(2)16(11-18(22)23)19(21)20(25)26-12-13-8-9-17(24)15(10-13)14-6-4-3-5-7-14/h3-11,16,19H,12H2,1-2H3/t16-,19-/m0/s1. The van der Waals surface area contributed by atoms with Gasteiger partial charge in [0.05, 0.1) is 5.92 Å². The number of ether oxygens (including phenoxy) is 1. The van der Waals surface area contributed by atoms with Crippen molar-refractivity contribution in [1.82, 2.24) is 0 Å². The molecule has 26 heavy (non-hydrogen) atoms. The van der Waals surface area contributed by atoms with Crippen molar-refractivity contribution in [3.8, 4) is 11.1 Å². The van der Waals surface area contributed by atoms with Gasteiger partial charge in [-0.05, 0) is 40.7 Å². The third-order valence-electron chi connectivity index (χ3n) is 4.97. The summed E-state index contributed by atoms with van der Waals surface area (Å²) in [5, 5.41) is 0. The molecule has 0 radical (unpaired) electrons. The molecule has 0 aromatic heterocycles. The van der Waals surface area contributed by atoms with Gasteiger partial charge in [-0.3, -0.25) is 4.79 Å². The average Bonchev–Trinajstić information content (AvgIpc) is 3.14. The predicted octanol–water partition coefficient (Wildman–Crippen LogP) is 6.13. The highest BCUT2D eigenvalue weighted by atomic mass is 35.5. The van der Waals surface area contributed by atoms with Crippen LogP contribution in [0.3, 0.4) is 0 Å². The molecule has 5 heteroatoms. The molecule has 136 valence electrons. The van der Waals surface area contributed by atoms with Crippen LogP contribution in [0.4, 0.5) is 4.39 Å². The number of carbonyl (C=O) groups is 1. The molecule has 0 amide bonds. The summed E-state index contributed by atoms with van der Waals surface area (Å²) in [6.07, 6.45) is 1.68. The highest BCUT2D eigenvalue weighted by Gasteiger charge is 2.61. The van der Waals surface area contributed by atoms with Gasteiger partial charge < -0.3 is 4.74 Å². The molecule has 0 N–H and O–H groups in total. The first kappa shape index (κ1) is 18.9. The molecule has 2 atom stereocenters. The molecule has 0 unspecified atom stereocenters. The maximum atomic E-state index is 14.1. The van der Waals surface area contributed by atoms with Crippen molar-refractivity contribution >= 4 is 29.2 Å². The van der Waals surface area contributed by atoms with Crippen LogP contribution in [0.2, 0.25) is 0 Å².